The zero-order chi connectivity index (χ0) is 18.6. The van der Waals surface area contributed by atoms with Crippen LogP contribution in [0.3, 0.4) is 0 Å². The van der Waals surface area contributed by atoms with Crippen molar-refractivity contribution in [3.8, 4) is 0 Å². The molecule has 0 N–H and O–H groups in total. The summed E-state index contributed by atoms with van der Waals surface area (Å²) in [6, 6.07) is 0. The van der Waals surface area contributed by atoms with Gasteiger partial charge in [-0.1, -0.05) is 27.4 Å². The number of esters is 1. The summed E-state index contributed by atoms with van der Waals surface area (Å²) in [4.78, 5) is 17.6. The van der Waals surface area contributed by atoms with Crippen LogP contribution in [0.15, 0.2) is 17.4 Å². The predicted octanol–water partition coefficient (Wildman–Crippen LogP) is 5.25. The molecule has 2 bridgehead atoms. The van der Waals surface area contributed by atoms with Gasteiger partial charge in [0, 0.05) is 17.5 Å². The summed E-state index contributed by atoms with van der Waals surface area (Å²) in [7, 11) is 0. The fourth-order valence-electron chi connectivity index (χ4n) is 4.31. The van der Waals surface area contributed by atoms with Crippen LogP contribution >= 0.6 is 0 Å². The van der Waals surface area contributed by atoms with Crippen LogP contribution in [-0.2, 0) is 9.53 Å². The van der Waals surface area contributed by atoms with Gasteiger partial charge in [0.15, 0.2) is 5.54 Å². The molecule has 4 heteroatoms. The van der Waals surface area contributed by atoms with E-state index in [1.165, 1.54) is 6.42 Å². The first-order chi connectivity index (χ1) is 10.7. The third kappa shape index (κ3) is 3.16. The highest BCUT2D eigenvalue weighted by atomic mass is 19.1. The van der Waals surface area contributed by atoms with Gasteiger partial charge in [0.2, 0.25) is 0 Å². The van der Waals surface area contributed by atoms with Gasteiger partial charge < -0.3 is 4.74 Å². The molecule has 2 aliphatic rings. The number of fused-ring (bicyclic) bond motifs is 2. The van der Waals surface area contributed by atoms with Gasteiger partial charge in [-0.2, -0.15) is 0 Å². The molecule has 0 aromatic heterocycles. The van der Waals surface area contributed by atoms with Crippen LogP contribution in [0.4, 0.5) is 4.39 Å². The molecule has 3 nitrogen and oxygen atoms in total. The Morgan fingerprint density at radius 1 is 1.33 bits per heavy atom. The largest absolute Gasteiger partial charge is 0.458 e. The molecule has 0 unspecified atom stereocenters. The average molecular weight is 337 g/mol. The number of carbonyl (C=O) groups excluding carboxylic acids is 1. The van der Waals surface area contributed by atoms with Gasteiger partial charge in [0.25, 0.3) is 0 Å². The molecular weight excluding hydrogens is 305 g/mol. The van der Waals surface area contributed by atoms with E-state index in [0.29, 0.717) is 5.92 Å². The second-order valence-corrected chi connectivity index (χ2v) is 9.52. The van der Waals surface area contributed by atoms with Crippen molar-refractivity contribution in [1.29, 1.82) is 0 Å². The van der Waals surface area contributed by atoms with Gasteiger partial charge in [-0.25, -0.2) is 9.18 Å². The summed E-state index contributed by atoms with van der Waals surface area (Å²) in [6.45, 7) is 17.2. The standard InChI is InChI=1S/C20H32FNO2/c1-13(21)12-20(8,16(23)24-17(2,3)4)22-15-11-14-9-10-19(15,7)18(14,5)6/h14H,1,9-12H2,2-8H3/t14-,19+,20-/m1/s1. The van der Waals surface area contributed by atoms with Gasteiger partial charge in [0.1, 0.15) is 5.60 Å². The van der Waals surface area contributed by atoms with Crippen LogP contribution in [0.1, 0.15) is 74.1 Å². The summed E-state index contributed by atoms with van der Waals surface area (Å²) >= 11 is 0. The number of ether oxygens (including phenoxy) is 1. The van der Waals surface area contributed by atoms with Crippen molar-refractivity contribution in [3.63, 3.8) is 0 Å². The number of aliphatic imine (C=N–C) groups is 1. The highest BCUT2D eigenvalue weighted by molar-refractivity contribution is 5.97. The summed E-state index contributed by atoms with van der Waals surface area (Å²) in [5, 5.41) is 0. The Kier molecular flexibility index (Phi) is 4.52. The SMILES string of the molecule is C=C(F)C[C@@](C)(N=C1C[C@H]2CC[C@]1(C)C2(C)C)C(=O)OC(C)(C)C. The van der Waals surface area contributed by atoms with Gasteiger partial charge in [0.05, 0.1) is 5.83 Å². The highest BCUT2D eigenvalue weighted by Crippen LogP contribution is 2.64. The minimum Gasteiger partial charge on any atom is -0.458 e. The zero-order valence-electron chi connectivity index (χ0n) is 16.3. The number of hydrogen-bond acceptors (Lipinski definition) is 3. The average Bonchev–Trinajstić information content (AvgIpc) is 2.68. The lowest BCUT2D eigenvalue weighted by molar-refractivity contribution is -0.161. The van der Waals surface area contributed by atoms with E-state index in [0.717, 1.165) is 18.6 Å². The van der Waals surface area contributed by atoms with Crippen LogP contribution in [0, 0.1) is 16.7 Å². The Hall–Kier alpha value is -1.19. The number of halogens is 1. The Labute approximate surface area is 145 Å². The van der Waals surface area contributed by atoms with Crippen molar-refractivity contribution in [2.24, 2.45) is 21.7 Å². The molecule has 2 aliphatic carbocycles. The van der Waals surface area contributed by atoms with Gasteiger partial charge in [-0.15, -0.1) is 0 Å². The number of nitrogens with zero attached hydrogens (tertiary/aromatic N) is 1. The van der Waals surface area contributed by atoms with E-state index >= 15 is 0 Å². The molecule has 0 heterocycles. The lowest BCUT2D eigenvalue weighted by Gasteiger charge is -2.36. The van der Waals surface area contributed by atoms with E-state index in [1.54, 1.807) is 6.92 Å². The quantitative estimate of drug-likeness (QED) is 0.657. The second kappa shape index (κ2) is 5.67. The van der Waals surface area contributed by atoms with Gasteiger partial charge >= 0.3 is 5.97 Å². The number of rotatable bonds is 4. The summed E-state index contributed by atoms with van der Waals surface area (Å²) < 4.78 is 19.2. The van der Waals surface area contributed by atoms with E-state index in [1.807, 2.05) is 20.8 Å². The zero-order valence-corrected chi connectivity index (χ0v) is 16.3. The second-order valence-electron chi connectivity index (χ2n) is 9.52. The van der Waals surface area contributed by atoms with Crippen molar-refractivity contribution in [3.05, 3.63) is 12.4 Å². The smallest absolute Gasteiger partial charge is 0.334 e. The molecule has 0 aromatic carbocycles. The van der Waals surface area contributed by atoms with E-state index < -0.39 is 22.9 Å². The molecule has 0 radical (unpaired) electrons. The van der Waals surface area contributed by atoms with Gasteiger partial charge in [-0.3, -0.25) is 4.99 Å². The summed E-state index contributed by atoms with van der Waals surface area (Å²) in [5.74, 6) is -0.441. The molecule has 0 aliphatic heterocycles. The highest BCUT2D eigenvalue weighted by Gasteiger charge is 2.60. The predicted molar refractivity (Wildman–Crippen MR) is 95.8 cm³/mol. The first-order valence-corrected chi connectivity index (χ1v) is 8.87. The normalized spacial score (nSPS) is 32.7. The topological polar surface area (TPSA) is 38.7 Å². The van der Waals surface area contributed by atoms with Crippen LogP contribution in [0.5, 0.6) is 0 Å². The van der Waals surface area contributed by atoms with E-state index in [-0.39, 0.29) is 17.3 Å². The molecule has 2 rings (SSSR count). The summed E-state index contributed by atoms with van der Waals surface area (Å²) in [6.07, 6.45) is 3.03. The number of carbonyl (C=O) groups is 1. The fourth-order valence-corrected chi connectivity index (χ4v) is 4.31. The maximum Gasteiger partial charge on any atom is 0.334 e. The van der Waals surface area contributed by atoms with Crippen molar-refractivity contribution >= 4 is 11.7 Å². The minimum absolute atomic E-state index is 0.0292. The third-order valence-corrected chi connectivity index (χ3v) is 6.27. The molecule has 0 aromatic rings. The molecule has 2 fully saturated rings. The fraction of sp³-hybridized carbons (Fsp3) is 0.800. The molecule has 3 atom stereocenters. The summed E-state index contributed by atoms with van der Waals surface area (Å²) in [5.41, 5.74) is -0.712. The minimum atomic E-state index is -1.25. The monoisotopic (exact) mass is 337 g/mol. The van der Waals surface area contributed by atoms with E-state index in [4.69, 9.17) is 9.73 Å². The van der Waals surface area contributed by atoms with Gasteiger partial charge in [-0.05, 0) is 58.3 Å². The Bertz CT molecular complexity index is 587. The van der Waals surface area contributed by atoms with Crippen molar-refractivity contribution in [2.45, 2.75) is 85.3 Å². The molecule has 24 heavy (non-hydrogen) atoms. The van der Waals surface area contributed by atoms with Crippen LogP contribution in [0.2, 0.25) is 0 Å². The van der Waals surface area contributed by atoms with Crippen LogP contribution in [0.25, 0.3) is 0 Å². The maximum atomic E-state index is 13.6. The lowest BCUT2D eigenvalue weighted by Crippen LogP contribution is -2.42. The van der Waals surface area contributed by atoms with Crippen LogP contribution < -0.4 is 0 Å². The number of hydrogen-bond donors (Lipinski definition) is 0. The molecular formula is C20H32FNO2. The Morgan fingerprint density at radius 3 is 2.29 bits per heavy atom. The lowest BCUT2D eigenvalue weighted by atomic mass is 9.70. The maximum absolute atomic E-state index is 13.6. The molecule has 0 spiro atoms. The molecule has 0 saturated heterocycles. The molecule has 0 amide bonds. The third-order valence-electron chi connectivity index (χ3n) is 6.27. The Morgan fingerprint density at radius 2 is 1.92 bits per heavy atom. The Balaban J connectivity index is 2.40. The molecule has 136 valence electrons. The van der Waals surface area contributed by atoms with E-state index in [2.05, 4.69) is 27.4 Å². The first kappa shape index (κ1) is 19.1. The van der Waals surface area contributed by atoms with E-state index in [9.17, 15) is 9.18 Å². The first-order valence-electron chi connectivity index (χ1n) is 8.87. The van der Waals surface area contributed by atoms with Crippen molar-refractivity contribution in [2.75, 3.05) is 0 Å². The molecule has 2 saturated carbocycles. The van der Waals surface area contributed by atoms with Crippen molar-refractivity contribution in [1.82, 2.24) is 0 Å². The van der Waals surface area contributed by atoms with Crippen LogP contribution in [-0.4, -0.2) is 22.8 Å². The van der Waals surface area contributed by atoms with Crippen molar-refractivity contribution < 1.29 is 13.9 Å².